The molecule has 0 fully saturated rings. The Bertz CT molecular complexity index is 652. The highest BCUT2D eigenvalue weighted by molar-refractivity contribution is 9.10. The summed E-state index contributed by atoms with van der Waals surface area (Å²) in [6.45, 7) is 0. The fourth-order valence-corrected chi connectivity index (χ4v) is 1.70. The van der Waals surface area contributed by atoms with Crippen molar-refractivity contribution in [1.29, 1.82) is 0 Å². The second-order valence-electron chi connectivity index (χ2n) is 3.53. The Kier molecular flexibility index (Phi) is 3.70. The summed E-state index contributed by atoms with van der Waals surface area (Å²) in [4.78, 5) is 14.0. The van der Waals surface area contributed by atoms with Crippen LogP contribution < -0.4 is 5.32 Å². The molecule has 2 aromatic rings. The third-order valence-electron chi connectivity index (χ3n) is 2.21. The molecule has 1 aromatic heterocycles. The Hall–Kier alpha value is -2.09. The zero-order chi connectivity index (χ0) is 14.0. The molecule has 1 N–H and O–H groups in total. The summed E-state index contributed by atoms with van der Waals surface area (Å²) in [6.07, 6.45) is 1.31. The van der Waals surface area contributed by atoms with Crippen molar-refractivity contribution in [2.75, 3.05) is 5.32 Å². The van der Waals surface area contributed by atoms with Gasteiger partial charge in [-0.1, -0.05) is 0 Å². The molecule has 19 heavy (non-hydrogen) atoms. The first-order valence-electron chi connectivity index (χ1n) is 4.99. The second-order valence-corrected chi connectivity index (χ2v) is 4.44. The normalized spacial score (nSPS) is 10.3. The number of nitro groups is 1. The number of anilines is 2. The summed E-state index contributed by atoms with van der Waals surface area (Å²) in [6, 6.07) is 3.97. The third-order valence-corrected chi connectivity index (χ3v) is 2.65. The number of nitrogens with one attached hydrogen (secondary N) is 1. The summed E-state index contributed by atoms with van der Waals surface area (Å²) in [7, 11) is 0. The van der Waals surface area contributed by atoms with Crippen LogP contribution in [0.1, 0.15) is 0 Å². The minimum atomic E-state index is -0.736. The van der Waals surface area contributed by atoms with E-state index in [0.717, 1.165) is 18.2 Å². The minimum Gasteiger partial charge on any atom is -0.332 e. The summed E-state index contributed by atoms with van der Waals surface area (Å²) in [5.74, 6) is -1.57. The molecule has 0 aliphatic heterocycles. The molecule has 0 radical (unpaired) electrons. The lowest BCUT2D eigenvalue weighted by molar-refractivity contribution is -0.384. The first kappa shape index (κ1) is 13.3. The molecule has 0 aliphatic rings. The van der Waals surface area contributed by atoms with Crippen molar-refractivity contribution < 1.29 is 13.7 Å². The van der Waals surface area contributed by atoms with Crippen LogP contribution in [0.2, 0.25) is 0 Å². The van der Waals surface area contributed by atoms with E-state index in [-0.39, 0.29) is 17.2 Å². The van der Waals surface area contributed by atoms with Crippen molar-refractivity contribution >= 4 is 33.1 Å². The van der Waals surface area contributed by atoms with Crippen LogP contribution in [0.3, 0.4) is 0 Å². The van der Waals surface area contributed by atoms with Gasteiger partial charge in [0.1, 0.15) is 11.6 Å². The highest BCUT2D eigenvalue weighted by Crippen LogP contribution is 2.29. The number of halogens is 3. The van der Waals surface area contributed by atoms with Crippen LogP contribution in [0, 0.1) is 21.7 Å². The Morgan fingerprint density at radius 1 is 1.32 bits per heavy atom. The average Bonchev–Trinajstić information content (AvgIpc) is 2.35. The zero-order valence-electron chi connectivity index (χ0n) is 9.23. The van der Waals surface area contributed by atoms with Crippen molar-refractivity contribution in [2.45, 2.75) is 0 Å². The molecule has 0 spiro atoms. The SMILES string of the molecule is O=[N+]([O-])c1cc(Br)cnc1Nc1cc(F)ccc1F. The van der Waals surface area contributed by atoms with Gasteiger partial charge in [-0.3, -0.25) is 10.1 Å². The second kappa shape index (κ2) is 5.27. The van der Waals surface area contributed by atoms with Gasteiger partial charge < -0.3 is 5.32 Å². The molecule has 1 heterocycles. The lowest BCUT2D eigenvalue weighted by Crippen LogP contribution is -2.01. The molecule has 8 heteroatoms. The van der Waals surface area contributed by atoms with Gasteiger partial charge in [0.25, 0.3) is 0 Å². The van der Waals surface area contributed by atoms with Gasteiger partial charge in [-0.2, -0.15) is 0 Å². The van der Waals surface area contributed by atoms with Gasteiger partial charge >= 0.3 is 5.69 Å². The summed E-state index contributed by atoms with van der Waals surface area (Å²) in [5, 5.41) is 13.3. The van der Waals surface area contributed by atoms with Crippen molar-refractivity contribution in [2.24, 2.45) is 0 Å². The fraction of sp³-hybridized carbons (Fsp3) is 0. The van der Waals surface area contributed by atoms with Gasteiger partial charge in [0.2, 0.25) is 5.82 Å². The minimum absolute atomic E-state index is 0.169. The van der Waals surface area contributed by atoms with Crippen LogP contribution in [-0.4, -0.2) is 9.91 Å². The molecule has 5 nitrogen and oxygen atoms in total. The Balaban J connectivity index is 2.43. The maximum absolute atomic E-state index is 13.4. The number of pyridine rings is 1. The van der Waals surface area contributed by atoms with Crippen LogP contribution in [0.4, 0.5) is 26.0 Å². The Morgan fingerprint density at radius 3 is 2.74 bits per heavy atom. The van der Waals surface area contributed by atoms with Crippen molar-refractivity contribution in [3.63, 3.8) is 0 Å². The standard InChI is InChI=1S/C11H6BrF2N3O2/c12-6-3-10(17(18)19)11(15-5-6)16-9-4-7(13)1-2-8(9)14/h1-5H,(H,15,16). The van der Waals surface area contributed by atoms with E-state index < -0.39 is 16.6 Å². The number of benzene rings is 1. The summed E-state index contributed by atoms with van der Waals surface area (Å²) < 4.78 is 26.8. The number of rotatable bonds is 3. The van der Waals surface area contributed by atoms with Crippen LogP contribution in [0.15, 0.2) is 34.9 Å². The van der Waals surface area contributed by atoms with E-state index in [9.17, 15) is 18.9 Å². The predicted octanol–water partition coefficient (Wildman–Crippen LogP) is 3.77. The fourth-order valence-electron chi connectivity index (χ4n) is 1.38. The number of hydrogen-bond acceptors (Lipinski definition) is 4. The highest BCUT2D eigenvalue weighted by atomic mass is 79.9. The van der Waals surface area contributed by atoms with Crippen molar-refractivity contribution in [1.82, 2.24) is 4.98 Å². The van der Waals surface area contributed by atoms with E-state index >= 15 is 0 Å². The first-order chi connectivity index (χ1) is 8.97. The summed E-state index contributed by atoms with van der Waals surface area (Å²) in [5.41, 5.74) is -0.573. The van der Waals surface area contributed by atoms with E-state index in [0.29, 0.717) is 4.47 Å². The van der Waals surface area contributed by atoms with E-state index in [2.05, 4.69) is 26.2 Å². The summed E-state index contributed by atoms with van der Waals surface area (Å²) >= 11 is 3.05. The molecule has 0 unspecified atom stereocenters. The van der Waals surface area contributed by atoms with E-state index in [1.165, 1.54) is 12.3 Å². The largest absolute Gasteiger partial charge is 0.332 e. The van der Waals surface area contributed by atoms with Gasteiger partial charge in [-0.15, -0.1) is 0 Å². The number of nitrogens with zero attached hydrogens (tertiary/aromatic N) is 2. The molecule has 2 rings (SSSR count). The topological polar surface area (TPSA) is 68.1 Å². The molecule has 0 saturated carbocycles. The monoisotopic (exact) mass is 329 g/mol. The smallest absolute Gasteiger partial charge is 0.312 e. The number of hydrogen-bond donors (Lipinski definition) is 1. The molecule has 98 valence electrons. The molecule has 0 aliphatic carbocycles. The van der Waals surface area contributed by atoms with Crippen molar-refractivity contribution in [3.8, 4) is 0 Å². The molecular formula is C11H6BrF2N3O2. The Labute approximate surface area is 114 Å². The average molecular weight is 330 g/mol. The maximum Gasteiger partial charge on any atom is 0.312 e. The lowest BCUT2D eigenvalue weighted by atomic mass is 10.3. The lowest BCUT2D eigenvalue weighted by Gasteiger charge is -2.07. The molecule has 0 bridgehead atoms. The van der Waals surface area contributed by atoms with Crippen LogP contribution in [0.5, 0.6) is 0 Å². The van der Waals surface area contributed by atoms with Crippen LogP contribution >= 0.6 is 15.9 Å². The van der Waals surface area contributed by atoms with E-state index in [4.69, 9.17) is 0 Å². The highest BCUT2D eigenvalue weighted by Gasteiger charge is 2.17. The molecular weight excluding hydrogens is 324 g/mol. The quantitative estimate of drug-likeness (QED) is 0.687. The molecule has 1 aromatic carbocycles. The van der Waals surface area contributed by atoms with E-state index in [1.807, 2.05) is 0 Å². The molecule has 0 atom stereocenters. The van der Waals surface area contributed by atoms with Crippen molar-refractivity contribution in [3.05, 3.63) is 56.7 Å². The molecule has 0 saturated heterocycles. The predicted molar refractivity (Wildman–Crippen MR) is 68.2 cm³/mol. The number of aromatic nitrogens is 1. The third kappa shape index (κ3) is 3.02. The first-order valence-corrected chi connectivity index (χ1v) is 5.78. The Morgan fingerprint density at radius 2 is 2.05 bits per heavy atom. The van der Waals surface area contributed by atoms with Gasteiger partial charge in [-0.25, -0.2) is 13.8 Å². The maximum atomic E-state index is 13.4. The van der Waals surface area contributed by atoms with Gasteiger partial charge in [0.15, 0.2) is 0 Å². The van der Waals surface area contributed by atoms with Gasteiger partial charge in [-0.05, 0) is 28.1 Å². The van der Waals surface area contributed by atoms with E-state index in [1.54, 1.807) is 0 Å². The van der Waals surface area contributed by atoms with Crippen LogP contribution in [0.25, 0.3) is 0 Å². The van der Waals surface area contributed by atoms with Crippen LogP contribution in [-0.2, 0) is 0 Å². The van der Waals surface area contributed by atoms with Gasteiger partial charge in [0.05, 0.1) is 10.6 Å². The molecule has 0 amide bonds. The zero-order valence-corrected chi connectivity index (χ0v) is 10.8. The van der Waals surface area contributed by atoms with Gasteiger partial charge in [0, 0.05) is 22.8 Å².